The van der Waals surface area contributed by atoms with Crippen molar-refractivity contribution in [1.82, 2.24) is 5.32 Å². The molecule has 1 saturated carbocycles. The lowest BCUT2D eigenvalue weighted by Crippen LogP contribution is -2.28. The number of nitro benzene ring substituents is 1. The summed E-state index contributed by atoms with van der Waals surface area (Å²) in [7, 11) is 0. The Morgan fingerprint density at radius 3 is 2.61 bits per heavy atom. The normalized spacial score (nSPS) is 15.8. The highest BCUT2D eigenvalue weighted by molar-refractivity contribution is 5.95. The highest BCUT2D eigenvalue weighted by Crippen LogP contribution is 2.26. The van der Waals surface area contributed by atoms with Gasteiger partial charge in [0.05, 0.1) is 17.6 Å². The first-order valence-electron chi connectivity index (χ1n) is 7.95. The predicted octanol–water partition coefficient (Wildman–Crippen LogP) is 2.77. The molecule has 2 rings (SSSR count). The Kier molecular flexibility index (Phi) is 6.34. The van der Waals surface area contributed by atoms with Gasteiger partial charge in [0, 0.05) is 18.2 Å². The quantitative estimate of drug-likeness (QED) is 0.363. The van der Waals surface area contributed by atoms with Crippen LogP contribution in [0.5, 0.6) is 5.75 Å². The maximum Gasteiger partial charge on any atom is 0.310 e. The van der Waals surface area contributed by atoms with Gasteiger partial charge in [0.15, 0.2) is 5.75 Å². The topological polar surface area (TPSA) is 102 Å². The van der Waals surface area contributed by atoms with E-state index in [-0.39, 0.29) is 17.6 Å². The van der Waals surface area contributed by atoms with Crippen molar-refractivity contribution in [3.8, 4) is 5.75 Å². The van der Waals surface area contributed by atoms with Crippen molar-refractivity contribution in [3.05, 3.63) is 33.9 Å². The largest absolute Gasteiger partial charge is 0.502 e. The number of nitrogens with one attached hydrogen (secondary N) is 1. The number of phenolic OH excluding ortho intramolecular Hbond substituents is 1. The number of benzene rings is 1. The second-order valence-corrected chi connectivity index (χ2v) is 5.70. The number of hydrogen-bond donors (Lipinski definition) is 2. The number of ether oxygens (including phenoxy) is 1. The lowest BCUT2D eigenvalue weighted by Gasteiger charge is -2.15. The molecule has 0 unspecified atom stereocenters. The molecule has 23 heavy (non-hydrogen) atoms. The number of carbonyl (C=O) groups excluding carboxylic acids is 1. The van der Waals surface area contributed by atoms with Gasteiger partial charge in [-0.1, -0.05) is 25.7 Å². The first kappa shape index (κ1) is 17.2. The molecule has 2 N–H and O–H groups in total. The summed E-state index contributed by atoms with van der Waals surface area (Å²) in [6.45, 7) is 0.808. The van der Waals surface area contributed by atoms with Crippen molar-refractivity contribution >= 4 is 11.6 Å². The van der Waals surface area contributed by atoms with Crippen LogP contribution in [0.15, 0.2) is 18.2 Å². The highest BCUT2D eigenvalue weighted by Gasteiger charge is 2.16. The van der Waals surface area contributed by atoms with Crippen molar-refractivity contribution in [2.24, 2.45) is 0 Å². The Balaban J connectivity index is 1.76. The first-order valence-corrected chi connectivity index (χ1v) is 7.95. The first-order chi connectivity index (χ1) is 11.1. The van der Waals surface area contributed by atoms with E-state index in [2.05, 4.69) is 5.32 Å². The van der Waals surface area contributed by atoms with Crippen LogP contribution < -0.4 is 5.32 Å². The van der Waals surface area contributed by atoms with Gasteiger partial charge in [-0.15, -0.1) is 0 Å². The molecule has 0 atom stereocenters. The van der Waals surface area contributed by atoms with Crippen molar-refractivity contribution in [2.45, 2.75) is 44.6 Å². The van der Waals surface area contributed by atoms with Crippen LogP contribution >= 0.6 is 0 Å². The van der Waals surface area contributed by atoms with E-state index < -0.39 is 16.4 Å². The zero-order valence-electron chi connectivity index (χ0n) is 13.0. The maximum atomic E-state index is 11.9. The fraction of sp³-hybridized carbons (Fsp3) is 0.562. The minimum atomic E-state index is -0.697. The van der Waals surface area contributed by atoms with Gasteiger partial charge >= 0.3 is 5.69 Å². The third-order valence-corrected chi connectivity index (χ3v) is 3.98. The van der Waals surface area contributed by atoms with Crippen LogP contribution in [0.3, 0.4) is 0 Å². The van der Waals surface area contributed by atoms with E-state index in [1.54, 1.807) is 0 Å². The molecule has 1 aliphatic rings. The van der Waals surface area contributed by atoms with Gasteiger partial charge < -0.3 is 15.2 Å². The molecule has 1 fully saturated rings. The summed E-state index contributed by atoms with van der Waals surface area (Å²) in [5.41, 5.74) is -0.235. The molecule has 0 radical (unpaired) electrons. The SMILES string of the molecule is O=C(NCCOC1CCCCCC1)c1ccc([N+](=O)[O-])c(O)c1. The Hall–Kier alpha value is -2.15. The van der Waals surface area contributed by atoms with Crippen LogP contribution in [-0.4, -0.2) is 35.2 Å². The minimum Gasteiger partial charge on any atom is -0.502 e. The summed E-state index contributed by atoms with van der Waals surface area (Å²) >= 11 is 0. The Labute approximate surface area is 134 Å². The lowest BCUT2D eigenvalue weighted by atomic mass is 10.1. The van der Waals surface area contributed by atoms with Gasteiger partial charge in [0.2, 0.25) is 0 Å². The molecule has 1 aliphatic carbocycles. The van der Waals surface area contributed by atoms with Gasteiger partial charge in [0.25, 0.3) is 5.91 Å². The molecule has 1 aromatic rings. The number of nitrogens with zero attached hydrogens (tertiary/aromatic N) is 1. The van der Waals surface area contributed by atoms with Crippen molar-refractivity contribution in [2.75, 3.05) is 13.2 Å². The second-order valence-electron chi connectivity index (χ2n) is 5.70. The molecule has 0 spiro atoms. The maximum absolute atomic E-state index is 11.9. The Morgan fingerprint density at radius 1 is 1.30 bits per heavy atom. The molecule has 7 nitrogen and oxygen atoms in total. The fourth-order valence-corrected chi connectivity index (χ4v) is 2.72. The third kappa shape index (κ3) is 5.21. The monoisotopic (exact) mass is 322 g/mol. The summed E-state index contributed by atoms with van der Waals surface area (Å²) in [5, 5.41) is 22.8. The van der Waals surface area contributed by atoms with E-state index in [1.165, 1.54) is 31.7 Å². The molecule has 1 amide bonds. The molecule has 126 valence electrons. The number of carbonyl (C=O) groups is 1. The summed E-state index contributed by atoms with van der Waals surface area (Å²) < 4.78 is 5.77. The Morgan fingerprint density at radius 2 is 2.00 bits per heavy atom. The van der Waals surface area contributed by atoms with Crippen molar-refractivity contribution < 1.29 is 19.6 Å². The number of aromatic hydroxyl groups is 1. The molecular formula is C16H22N2O5. The van der Waals surface area contributed by atoms with Crippen LogP contribution in [0.4, 0.5) is 5.69 Å². The summed E-state index contributed by atoms with van der Waals surface area (Å²) in [6, 6.07) is 3.53. The molecule has 0 aliphatic heterocycles. The summed E-state index contributed by atoms with van der Waals surface area (Å²) in [6.07, 6.45) is 7.34. The van der Waals surface area contributed by atoms with Crippen LogP contribution in [-0.2, 0) is 4.74 Å². The molecule has 7 heteroatoms. The van der Waals surface area contributed by atoms with E-state index >= 15 is 0 Å². The fourth-order valence-electron chi connectivity index (χ4n) is 2.72. The average molecular weight is 322 g/mol. The molecule has 0 bridgehead atoms. The smallest absolute Gasteiger partial charge is 0.310 e. The minimum absolute atomic E-state index is 0.183. The third-order valence-electron chi connectivity index (χ3n) is 3.98. The number of hydrogen-bond acceptors (Lipinski definition) is 5. The van der Waals surface area contributed by atoms with E-state index in [0.717, 1.165) is 25.0 Å². The van der Waals surface area contributed by atoms with Gasteiger partial charge in [-0.2, -0.15) is 0 Å². The standard InChI is InChI=1S/C16H22N2O5/c19-15-11-12(7-8-14(15)18(21)22)16(20)17-9-10-23-13-5-3-1-2-4-6-13/h7-8,11,13,19H,1-6,9-10H2,(H,17,20). The zero-order chi connectivity index (χ0) is 16.7. The van der Waals surface area contributed by atoms with Crippen molar-refractivity contribution in [3.63, 3.8) is 0 Å². The van der Waals surface area contributed by atoms with Crippen LogP contribution in [0.2, 0.25) is 0 Å². The number of phenols is 1. The molecule has 1 aromatic carbocycles. The van der Waals surface area contributed by atoms with Crippen molar-refractivity contribution in [1.29, 1.82) is 0 Å². The lowest BCUT2D eigenvalue weighted by molar-refractivity contribution is -0.385. The number of nitro groups is 1. The number of rotatable bonds is 6. The van der Waals surface area contributed by atoms with Gasteiger partial charge in [-0.25, -0.2) is 0 Å². The number of amides is 1. The van der Waals surface area contributed by atoms with Gasteiger partial charge in [-0.05, 0) is 25.0 Å². The zero-order valence-corrected chi connectivity index (χ0v) is 13.0. The average Bonchev–Trinajstić information content (AvgIpc) is 2.79. The molecule has 0 aromatic heterocycles. The highest BCUT2D eigenvalue weighted by atomic mass is 16.6. The van der Waals surface area contributed by atoms with E-state index in [9.17, 15) is 20.0 Å². The van der Waals surface area contributed by atoms with E-state index in [4.69, 9.17) is 4.74 Å². The molecule has 0 heterocycles. The second kappa shape index (κ2) is 8.47. The van der Waals surface area contributed by atoms with E-state index in [0.29, 0.717) is 13.2 Å². The van der Waals surface area contributed by atoms with Gasteiger partial charge in [0.1, 0.15) is 0 Å². The van der Waals surface area contributed by atoms with Crippen LogP contribution in [0, 0.1) is 10.1 Å². The van der Waals surface area contributed by atoms with Crippen LogP contribution in [0.25, 0.3) is 0 Å². The van der Waals surface area contributed by atoms with Crippen LogP contribution in [0.1, 0.15) is 48.9 Å². The predicted molar refractivity (Wildman–Crippen MR) is 84.5 cm³/mol. The van der Waals surface area contributed by atoms with E-state index in [1.807, 2.05) is 0 Å². The summed E-state index contributed by atoms with van der Waals surface area (Å²) in [4.78, 5) is 21.9. The Bertz CT molecular complexity index is 553. The summed E-state index contributed by atoms with van der Waals surface area (Å²) in [5.74, 6) is -0.906. The molecule has 0 saturated heterocycles. The molecular weight excluding hydrogens is 300 g/mol. The van der Waals surface area contributed by atoms with Gasteiger partial charge in [-0.3, -0.25) is 14.9 Å².